The fraction of sp³-hybridized carbons (Fsp3) is 0.222. The molecule has 34 heavy (non-hydrogen) atoms. The molecule has 0 bridgehead atoms. The van der Waals surface area contributed by atoms with Crippen molar-refractivity contribution in [2.75, 3.05) is 17.2 Å². The largest absolute Gasteiger partial charge is 0.494 e. The number of para-hydroxylation sites is 1. The van der Waals surface area contributed by atoms with Crippen LogP contribution in [-0.4, -0.2) is 24.3 Å². The van der Waals surface area contributed by atoms with Crippen LogP contribution in [0.25, 0.3) is 0 Å². The summed E-state index contributed by atoms with van der Waals surface area (Å²) < 4.78 is 5.79. The van der Waals surface area contributed by atoms with Gasteiger partial charge >= 0.3 is 0 Å². The Labute approximate surface area is 198 Å². The van der Waals surface area contributed by atoms with E-state index in [0.717, 1.165) is 11.3 Å². The maximum atomic E-state index is 12.9. The first-order valence-corrected chi connectivity index (χ1v) is 11.3. The Balaban J connectivity index is 1.29. The predicted octanol–water partition coefficient (Wildman–Crippen LogP) is 4.23. The van der Waals surface area contributed by atoms with Gasteiger partial charge in [-0.2, -0.15) is 0 Å². The van der Waals surface area contributed by atoms with Crippen molar-refractivity contribution in [2.45, 2.75) is 31.7 Å². The highest BCUT2D eigenvalue weighted by Gasteiger charge is 2.22. The summed E-state index contributed by atoms with van der Waals surface area (Å²) in [5.74, 6) is 0.204. The highest BCUT2D eigenvalue weighted by atomic mass is 16.5. The van der Waals surface area contributed by atoms with Crippen LogP contribution in [0.15, 0.2) is 78.9 Å². The molecule has 1 aliphatic rings. The van der Waals surface area contributed by atoms with Crippen LogP contribution >= 0.6 is 0 Å². The summed E-state index contributed by atoms with van der Waals surface area (Å²) in [5, 5.41) is 8.55. The predicted molar refractivity (Wildman–Crippen MR) is 131 cm³/mol. The summed E-state index contributed by atoms with van der Waals surface area (Å²) in [6.45, 7) is 0.366. The molecular weight excluding hydrogens is 430 g/mol. The van der Waals surface area contributed by atoms with Crippen molar-refractivity contribution in [3.05, 3.63) is 90.0 Å². The van der Waals surface area contributed by atoms with Crippen molar-refractivity contribution in [3.8, 4) is 5.75 Å². The van der Waals surface area contributed by atoms with Gasteiger partial charge in [-0.05, 0) is 54.3 Å². The normalized spacial score (nSPS) is 13.2. The molecule has 0 aromatic heterocycles. The lowest BCUT2D eigenvalue weighted by Gasteiger charge is -2.19. The van der Waals surface area contributed by atoms with Gasteiger partial charge in [-0.15, -0.1) is 0 Å². The van der Waals surface area contributed by atoms with Gasteiger partial charge in [0.05, 0.1) is 6.61 Å². The van der Waals surface area contributed by atoms with E-state index in [1.54, 1.807) is 12.1 Å². The van der Waals surface area contributed by atoms with Crippen molar-refractivity contribution in [2.24, 2.45) is 0 Å². The van der Waals surface area contributed by atoms with E-state index in [1.165, 1.54) is 0 Å². The van der Waals surface area contributed by atoms with Crippen molar-refractivity contribution < 1.29 is 19.1 Å². The molecule has 174 valence electrons. The molecule has 1 atom stereocenters. The van der Waals surface area contributed by atoms with Crippen LogP contribution in [0.5, 0.6) is 5.75 Å². The molecule has 3 amide bonds. The maximum absolute atomic E-state index is 12.9. The van der Waals surface area contributed by atoms with Crippen LogP contribution < -0.4 is 20.7 Å². The molecule has 1 heterocycles. The number of hydrogen-bond donors (Lipinski definition) is 3. The van der Waals surface area contributed by atoms with Gasteiger partial charge in [-0.3, -0.25) is 14.4 Å². The smallest absolute Gasteiger partial charge is 0.251 e. The van der Waals surface area contributed by atoms with Crippen molar-refractivity contribution in [3.63, 3.8) is 0 Å². The minimum atomic E-state index is -0.800. The lowest BCUT2D eigenvalue weighted by atomic mass is 10.0. The molecule has 3 N–H and O–H groups in total. The summed E-state index contributed by atoms with van der Waals surface area (Å²) >= 11 is 0. The summed E-state index contributed by atoms with van der Waals surface area (Å²) in [5.41, 5.74) is 3.25. The van der Waals surface area contributed by atoms with Crippen molar-refractivity contribution >= 4 is 29.1 Å². The van der Waals surface area contributed by atoms with Crippen LogP contribution in [-0.2, 0) is 20.8 Å². The first-order valence-electron chi connectivity index (χ1n) is 11.3. The van der Waals surface area contributed by atoms with E-state index in [9.17, 15) is 14.4 Å². The topological polar surface area (TPSA) is 96.5 Å². The maximum Gasteiger partial charge on any atom is 0.251 e. The summed E-state index contributed by atoms with van der Waals surface area (Å²) in [7, 11) is 0. The fourth-order valence-corrected chi connectivity index (χ4v) is 3.79. The van der Waals surface area contributed by atoms with E-state index < -0.39 is 6.04 Å². The van der Waals surface area contributed by atoms with Crippen LogP contribution in [0.4, 0.5) is 11.4 Å². The van der Waals surface area contributed by atoms with Gasteiger partial charge < -0.3 is 20.7 Å². The summed E-state index contributed by atoms with van der Waals surface area (Å²) in [6, 6.07) is 23.1. The van der Waals surface area contributed by atoms with Crippen LogP contribution in [0.3, 0.4) is 0 Å². The van der Waals surface area contributed by atoms with Crippen molar-refractivity contribution in [1.82, 2.24) is 5.32 Å². The second kappa shape index (κ2) is 11.1. The van der Waals surface area contributed by atoms with Gasteiger partial charge in [-0.25, -0.2) is 0 Å². The Morgan fingerprint density at radius 2 is 1.68 bits per heavy atom. The zero-order valence-corrected chi connectivity index (χ0v) is 18.8. The number of amides is 3. The SMILES string of the molecule is O=C1CCc2cc(OCCCC(=O)NC(C(=O)Nc3ccccc3)c3ccccc3)ccc2N1. The minimum absolute atomic E-state index is 0.0263. The van der Waals surface area contributed by atoms with E-state index in [-0.39, 0.29) is 24.1 Å². The molecular formula is C27H27N3O4. The number of benzene rings is 3. The number of fused-ring (bicyclic) bond motifs is 1. The molecule has 7 nitrogen and oxygen atoms in total. The number of anilines is 2. The Morgan fingerprint density at radius 3 is 2.44 bits per heavy atom. The number of ether oxygens (including phenoxy) is 1. The Kier molecular flexibility index (Phi) is 7.55. The molecule has 0 fully saturated rings. The third-order valence-corrected chi connectivity index (χ3v) is 5.53. The van der Waals surface area contributed by atoms with E-state index in [4.69, 9.17) is 4.74 Å². The highest BCUT2D eigenvalue weighted by Crippen LogP contribution is 2.27. The van der Waals surface area contributed by atoms with Crippen LogP contribution in [0.1, 0.15) is 36.4 Å². The molecule has 4 rings (SSSR count). The Bertz CT molecular complexity index is 1150. The van der Waals surface area contributed by atoms with Crippen molar-refractivity contribution in [1.29, 1.82) is 0 Å². The number of nitrogens with one attached hydrogen (secondary N) is 3. The van der Waals surface area contributed by atoms with E-state index in [0.29, 0.717) is 42.9 Å². The summed E-state index contributed by atoms with van der Waals surface area (Å²) in [4.78, 5) is 37.0. The van der Waals surface area contributed by atoms with E-state index in [2.05, 4.69) is 16.0 Å². The first-order chi connectivity index (χ1) is 16.6. The number of carbonyl (C=O) groups excluding carboxylic acids is 3. The fourth-order valence-electron chi connectivity index (χ4n) is 3.79. The zero-order valence-electron chi connectivity index (χ0n) is 18.8. The average Bonchev–Trinajstić information content (AvgIpc) is 2.86. The van der Waals surface area contributed by atoms with Crippen LogP contribution in [0.2, 0.25) is 0 Å². The molecule has 0 aliphatic carbocycles. The molecule has 1 unspecified atom stereocenters. The highest BCUT2D eigenvalue weighted by molar-refractivity contribution is 5.98. The standard InChI is InChI=1S/C27H27N3O4/c31-24(12-7-17-34-22-14-15-23-20(18-22)13-16-25(32)29-23)30-26(19-8-3-1-4-9-19)27(33)28-21-10-5-2-6-11-21/h1-6,8-11,14-15,18,26H,7,12-13,16-17H2,(H,28,33)(H,29,32)(H,30,31). The zero-order chi connectivity index (χ0) is 23.8. The van der Waals surface area contributed by atoms with Gasteiger partial charge in [0.2, 0.25) is 11.8 Å². The van der Waals surface area contributed by atoms with Gasteiger partial charge in [0.25, 0.3) is 5.91 Å². The molecule has 0 saturated carbocycles. The monoisotopic (exact) mass is 457 g/mol. The number of hydrogen-bond acceptors (Lipinski definition) is 4. The lowest BCUT2D eigenvalue weighted by molar-refractivity contribution is -0.126. The Morgan fingerprint density at radius 1 is 0.941 bits per heavy atom. The van der Waals surface area contributed by atoms with E-state index in [1.807, 2.05) is 66.7 Å². The third kappa shape index (κ3) is 6.22. The summed E-state index contributed by atoms with van der Waals surface area (Å²) in [6.07, 6.45) is 1.88. The molecule has 0 saturated heterocycles. The molecule has 0 spiro atoms. The molecule has 1 aliphatic heterocycles. The molecule has 0 radical (unpaired) electrons. The number of rotatable bonds is 9. The lowest BCUT2D eigenvalue weighted by Crippen LogP contribution is -2.37. The van der Waals surface area contributed by atoms with Gasteiger partial charge in [-0.1, -0.05) is 48.5 Å². The van der Waals surface area contributed by atoms with Gasteiger partial charge in [0, 0.05) is 24.2 Å². The number of carbonyl (C=O) groups is 3. The molecule has 3 aromatic rings. The number of aryl methyl sites for hydroxylation is 1. The average molecular weight is 458 g/mol. The van der Waals surface area contributed by atoms with E-state index >= 15 is 0 Å². The second-order valence-corrected chi connectivity index (χ2v) is 8.09. The van der Waals surface area contributed by atoms with Gasteiger partial charge in [0.15, 0.2) is 0 Å². The minimum Gasteiger partial charge on any atom is -0.494 e. The van der Waals surface area contributed by atoms with Crippen LogP contribution in [0, 0.1) is 0 Å². The second-order valence-electron chi connectivity index (χ2n) is 8.09. The first kappa shape index (κ1) is 23.0. The molecule has 3 aromatic carbocycles. The molecule has 7 heteroatoms. The third-order valence-electron chi connectivity index (χ3n) is 5.53. The van der Waals surface area contributed by atoms with Gasteiger partial charge in [0.1, 0.15) is 11.8 Å². The Hall–Kier alpha value is -4.13. The quantitative estimate of drug-likeness (QED) is 0.419.